The molecule has 0 unspecified atom stereocenters. The molecule has 0 bridgehead atoms. The van der Waals surface area contributed by atoms with Crippen molar-refractivity contribution in [3.8, 4) is 64.0 Å². The number of thiophene rings is 5. The molecule has 84 heavy (non-hydrogen) atoms. The number of nitriles is 2. The molecule has 12 nitrogen and oxygen atoms in total. The van der Waals surface area contributed by atoms with Gasteiger partial charge in [0.15, 0.2) is 34.8 Å². The van der Waals surface area contributed by atoms with E-state index in [1.54, 1.807) is 12.1 Å². The number of halogens is 4. The van der Waals surface area contributed by atoms with Crippen molar-refractivity contribution in [3.05, 3.63) is 185 Å². The lowest BCUT2D eigenvalue weighted by Gasteiger charge is -2.31. The number of fused-ring (bicyclic) bond motifs is 13. The third-order valence-corrected chi connectivity index (χ3v) is 21.5. The molecule has 0 radical (unpaired) electrons. The molecule has 0 spiro atoms. The number of hydrogen-bond donors (Lipinski definition) is 0. The van der Waals surface area contributed by atoms with Gasteiger partial charge in [-0.15, -0.1) is 56.7 Å². The first-order chi connectivity index (χ1) is 40.4. The SMILES string of the molecule is [C-]#[N+]C([N+]#[C-])=C1/C(=C/c2cc3c(s2)-c2sc(-c4c5nsnc5c(-c5cc6c(s5)-c5sc(/C=C7\C(=O)c8cc(F)c(F)cc8C7=C(C#N)C#N)cc5C(C)(C)O6)c5nc6c(nc45)sc4ccccc46)cc2C(C)(C)O3)C(=O)c2cc(F)c(F)cc21. The fourth-order valence-electron chi connectivity index (χ4n) is 11.4. The Kier molecular flexibility index (Phi) is 11.1. The van der Waals surface area contributed by atoms with Crippen molar-refractivity contribution in [1.82, 2.24) is 18.7 Å². The monoisotopic (exact) mass is 1210 g/mol. The summed E-state index contributed by atoms with van der Waals surface area (Å²) in [5.74, 6) is -5.54. The average molecular weight is 1220 g/mol. The second-order valence-corrected chi connectivity index (χ2v) is 26.6. The van der Waals surface area contributed by atoms with Crippen LogP contribution in [0, 0.1) is 59.1 Å². The molecule has 2 aliphatic heterocycles. The van der Waals surface area contributed by atoms with Crippen molar-refractivity contribution < 1.29 is 36.6 Å². The minimum Gasteiger partial charge on any atom is -0.482 e. The first kappa shape index (κ1) is 51.5. The predicted octanol–water partition coefficient (Wildman–Crippen LogP) is 17.6. The van der Waals surface area contributed by atoms with Gasteiger partial charge >= 0.3 is 5.82 Å². The van der Waals surface area contributed by atoms with Gasteiger partial charge in [-0.05, 0) is 106 Å². The Hall–Kier alpha value is -9.36. The van der Waals surface area contributed by atoms with Gasteiger partial charge in [-0.25, -0.2) is 27.5 Å². The van der Waals surface area contributed by atoms with Crippen molar-refractivity contribution >= 4 is 146 Å². The second-order valence-electron chi connectivity index (χ2n) is 20.8. The van der Waals surface area contributed by atoms with Crippen LogP contribution in [0.4, 0.5) is 17.6 Å². The first-order valence-electron chi connectivity index (χ1n) is 25.2. The predicted molar refractivity (Wildman–Crippen MR) is 320 cm³/mol. The van der Waals surface area contributed by atoms with Crippen molar-refractivity contribution in [2.45, 2.75) is 38.9 Å². The molecule has 0 amide bonds. The minimum absolute atomic E-state index is 0.0285. The maximum Gasteiger partial charge on any atom is 0.528 e. The smallest absolute Gasteiger partial charge is 0.482 e. The number of allylic oxidation sites excluding steroid dienone is 5. The lowest BCUT2D eigenvalue weighted by atomic mass is 9.94. The number of hydrogen-bond acceptors (Lipinski definition) is 16. The molecule has 22 heteroatoms. The van der Waals surface area contributed by atoms with Crippen LogP contribution in [-0.4, -0.2) is 30.3 Å². The van der Waals surface area contributed by atoms with Gasteiger partial charge in [0, 0.05) is 79.7 Å². The number of Topliss-reactive ketones (excluding diaryl/α,β-unsaturated/α-hetero) is 2. The number of benzene rings is 4. The molecule has 9 heterocycles. The third-order valence-electron chi connectivity index (χ3n) is 15.1. The van der Waals surface area contributed by atoms with Gasteiger partial charge in [-0.2, -0.15) is 29.0 Å². The van der Waals surface area contributed by atoms with E-state index in [1.165, 1.54) is 62.8 Å². The van der Waals surface area contributed by atoms with Crippen LogP contribution < -0.4 is 9.47 Å². The highest BCUT2D eigenvalue weighted by molar-refractivity contribution is 7.26. The summed E-state index contributed by atoms with van der Waals surface area (Å²) in [7, 11) is 0. The number of ether oxygens (including phenoxy) is 2. The third kappa shape index (κ3) is 7.32. The van der Waals surface area contributed by atoms with E-state index in [-0.39, 0.29) is 44.5 Å². The van der Waals surface area contributed by atoms with Gasteiger partial charge in [-0.3, -0.25) is 9.59 Å². The summed E-state index contributed by atoms with van der Waals surface area (Å²) in [6.07, 6.45) is 3.08. The van der Waals surface area contributed by atoms with Crippen molar-refractivity contribution in [1.29, 1.82) is 10.5 Å². The van der Waals surface area contributed by atoms with Gasteiger partial charge in [-0.1, -0.05) is 18.2 Å². The summed E-state index contributed by atoms with van der Waals surface area (Å²) in [5.41, 5.74) is 3.20. The topological polar surface area (TPSA) is 160 Å². The summed E-state index contributed by atoms with van der Waals surface area (Å²) in [6.45, 7) is 23.2. The quantitative estimate of drug-likeness (QED) is 0.0718. The highest BCUT2D eigenvalue weighted by Gasteiger charge is 2.42. The van der Waals surface area contributed by atoms with E-state index in [0.29, 0.717) is 64.8 Å². The highest BCUT2D eigenvalue weighted by atomic mass is 32.1. The highest BCUT2D eigenvalue weighted by Crippen LogP contribution is 2.59. The van der Waals surface area contributed by atoms with E-state index >= 15 is 0 Å². The van der Waals surface area contributed by atoms with Gasteiger partial charge in [0.2, 0.25) is 0 Å². The van der Waals surface area contributed by atoms with Gasteiger partial charge in [0.1, 0.15) is 86.0 Å². The zero-order valence-electron chi connectivity index (χ0n) is 43.3. The van der Waals surface area contributed by atoms with Crippen LogP contribution in [0.1, 0.15) is 80.4 Å². The molecule has 4 aliphatic rings. The van der Waals surface area contributed by atoms with Gasteiger partial charge < -0.3 is 9.47 Å². The van der Waals surface area contributed by atoms with Crippen molar-refractivity contribution in [2.24, 2.45) is 0 Å². The number of ketones is 2. The second kappa shape index (κ2) is 18.1. The number of aromatic nitrogens is 4. The molecule has 0 atom stereocenters. The standard InChI is InChI=1S/C62H26F4N8O4S6/c1-61(2)33-13-24(11-31-44(23(21-67)22-68)27-15-35(63)37(65)17-29(27)53(31)75)79-55(33)58-40(78-61)20-43(82-58)47-49-50(72-60-48(71-49)26-9-7-8-10-41(26)83-60)46(51-52(47)74-84-73-51)42-19-34-56(81-42)57-39(77-62(34,3)4)14-25(80-57)12-32-45(59(69-5)70-6)28-16-36(64)38(66)18-30(28)54(32)76/h7-20H,1-4H3/b31-11-,32-12-. The number of carbonyl (C=O) groups excluding carboxylic acids is 2. The Bertz CT molecular complexity index is 5290. The molecular formula is C62H26F4N8O4S6. The van der Waals surface area contributed by atoms with E-state index in [1.807, 2.05) is 76.2 Å². The van der Waals surface area contributed by atoms with Crippen molar-refractivity contribution in [3.63, 3.8) is 0 Å². The Balaban J connectivity index is 0.893. The summed E-state index contributed by atoms with van der Waals surface area (Å²) in [4.78, 5) is 52.2. The maximum absolute atomic E-state index is 14.7. The van der Waals surface area contributed by atoms with Crippen LogP contribution >= 0.6 is 68.4 Å². The minimum atomic E-state index is -1.23. The first-order valence-corrected chi connectivity index (χ1v) is 30.0. The molecule has 402 valence electrons. The summed E-state index contributed by atoms with van der Waals surface area (Å²) >= 11 is 8.21. The normalized spacial score (nSPS) is 16.0. The molecule has 4 aromatic carbocycles. The molecular weight excluding hydrogens is 1190 g/mol. The van der Waals surface area contributed by atoms with E-state index < -0.39 is 57.4 Å². The van der Waals surface area contributed by atoms with Crippen LogP contribution in [0.5, 0.6) is 11.5 Å². The average Bonchev–Trinajstić information content (AvgIpc) is 2.46. The summed E-state index contributed by atoms with van der Waals surface area (Å²) < 4.78 is 83.0. The fourth-order valence-corrected chi connectivity index (χ4v) is 18.1. The lowest BCUT2D eigenvalue weighted by molar-refractivity contribution is 0.103. The molecule has 0 N–H and O–H groups in total. The van der Waals surface area contributed by atoms with E-state index in [4.69, 9.17) is 41.3 Å². The Morgan fingerprint density at radius 3 is 1.71 bits per heavy atom. The molecule has 11 aromatic rings. The lowest BCUT2D eigenvalue weighted by Crippen LogP contribution is -2.27. The van der Waals surface area contributed by atoms with E-state index in [2.05, 4.69) is 15.8 Å². The Morgan fingerprint density at radius 1 is 0.583 bits per heavy atom. The van der Waals surface area contributed by atoms with Crippen molar-refractivity contribution in [2.75, 3.05) is 0 Å². The zero-order valence-corrected chi connectivity index (χ0v) is 48.2. The van der Waals surface area contributed by atoms with Crippen LogP contribution in [0.25, 0.3) is 116 Å². The molecule has 2 aliphatic carbocycles. The number of rotatable bonds is 4. The number of nitrogens with zero attached hydrogens (tertiary/aromatic N) is 8. The molecule has 7 aromatic heterocycles. The zero-order chi connectivity index (χ0) is 58.2. The van der Waals surface area contributed by atoms with Crippen LogP contribution in [0.15, 0.2) is 95.3 Å². The number of carbonyl (C=O) groups is 2. The van der Waals surface area contributed by atoms with E-state index in [0.717, 1.165) is 86.5 Å². The fraction of sp³-hybridized carbons (Fsp3) is 0.0968. The molecule has 0 saturated heterocycles. The summed E-state index contributed by atoms with van der Waals surface area (Å²) in [6, 6.07) is 22.6. The molecule has 15 rings (SSSR count). The van der Waals surface area contributed by atoms with Crippen LogP contribution in [0.3, 0.4) is 0 Å². The Morgan fingerprint density at radius 2 is 1.08 bits per heavy atom. The van der Waals surface area contributed by atoms with Gasteiger partial charge in [0.05, 0.1) is 36.8 Å². The van der Waals surface area contributed by atoms with Crippen LogP contribution in [0.2, 0.25) is 0 Å². The maximum atomic E-state index is 14.7. The summed E-state index contributed by atoms with van der Waals surface area (Å²) in [5, 5.41) is 20.9. The largest absolute Gasteiger partial charge is 0.528 e. The molecule has 0 fully saturated rings. The van der Waals surface area contributed by atoms with Gasteiger partial charge in [0.25, 0.3) is 0 Å². The molecule has 0 saturated carbocycles. The van der Waals surface area contributed by atoms with Crippen LogP contribution in [-0.2, 0) is 11.2 Å². The Labute approximate surface area is 495 Å². The van der Waals surface area contributed by atoms with E-state index in [9.17, 15) is 37.7 Å².